The largest absolute Gasteiger partial charge is 0.494 e. The third-order valence-electron chi connectivity index (χ3n) is 3.65. The maximum Gasteiger partial charge on any atom is 0.137 e. The van der Waals surface area contributed by atoms with E-state index in [0.717, 1.165) is 24.5 Å². The van der Waals surface area contributed by atoms with Gasteiger partial charge >= 0.3 is 0 Å². The maximum atomic E-state index is 6.05. The van der Waals surface area contributed by atoms with Gasteiger partial charge in [-0.05, 0) is 42.8 Å². The monoisotopic (exact) mass is 347 g/mol. The predicted octanol–water partition coefficient (Wildman–Crippen LogP) is 5.79. The third-order valence-corrected chi connectivity index (χ3v) is 3.96. The number of hydrogen-bond donors (Lipinski definition) is 1. The molecule has 0 aliphatic heterocycles. The number of benzene rings is 2. The summed E-state index contributed by atoms with van der Waals surface area (Å²) in [6.45, 7) is 4.27. The molecule has 0 aliphatic carbocycles. The third kappa shape index (κ3) is 6.71. The fraction of sp³-hybridized carbons (Fsp3) is 0.400. The van der Waals surface area contributed by atoms with Crippen LogP contribution in [-0.4, -0.2) is 19.8 Å². The summed E-state index contributed by atoms with van der Waals surface area (Å²) >= 11 is 6.05. The fourth-order valence-corrected chi connectivity index (χ4v) is 2.50. The summed E-state index contributed by atoms with van der Waals surface area (Å²) in [4.78, 5) is 0. The van der Waals surface area contributed by atoms with E-state index in [2.05, 4.69) is 12.2 Å². The molecule has 0 bridgehead atoms. The molecule has 0 aromatic heterocycles. The fourth-order valence-electron chi connectivity index (χ4n) is 2.31. The van der Waals surface area contributed by atoms with Crippen LogP contribution in [0.1, 0.15) is 32.6 Å². The van der Waals surface area contributed by atoms with Gasteiger partial charge in [-0.2, -0.15) is 0 Å². The van der Waals surface area contributed by atoms with Crippen molar-refractivity contribution in [1.82, 2.24) is 0 Å². The van der Waals surface area contributed by atoms with Crippen molar-refractivity contribution in [3.8, 4) is 11.5 Å². The number of unbranched alkanes of at least 4 members (excludes halogenated alkanes) is 3. The zero-order chi connectivity index (χ0) is 17.0. The molecule has 0 saturated heterocycles. The molecule has 0 unspecified atom stereocenters. The van der Waals surface area contributed by atoms with Gasteiger partial charge in [0.25, 0.3) is 0 Å². The van der Waals surface area contributed by atoms with E-state index in [1.54, 1.807) is 0 Å². The van der Waals surface area contributed by atoms with Gasteiger partial charge in [-0.3, -0.25) is 0 Å². The lowest BCUT2D eigenvalue weighted by atomic mass is 10.2. The van der Waals surface area contributed by atoms with Crippen molar-refractivity contribution in [2.24, 2.45) is 0 Å². The van der Waals surface area contributed by atoms with Gasteiger partial charge in [0.15, 0.2) is 0 Å². The van der Waals surface area contributed by atoms with Crippen LogP contribution in [0.15, 0.2) is 48.5 Å². The van der Waals surface area contributed by atoms with Crippen molar-refractivity contribution < 1.29 is 9.47 Å². The Bertz CT molecular complexity index is 586. The van der Waals surface area contributed by atoms with Crippen LogP contribution < -0.4 is 14.8 Å². The van der Waals surface area contributed by atoms with Gasteiger partial charge in [-0.15, -0.1) is 0 Å². The average molecular weight is 348 g/mol. The lowest BCUT2D eigenvalue weighted by molar-refractivity contribution is 0.305. The molecule has 4 heteroatoms. The van der Waals surface area contributed by atoms with Gasteiger partial charge in [0.2, 0.25) is 0 Å². The Balaban J connectivity index is 1.64. The Labute approximate surface area is 149 Å². The molecule has 2 rings (SSSR count). The average Bonchev–Trinajstić information content (AvgIpc) is 2.61. The van der Waals surface area contributed by atoms with Crippen molar-refractivity contribution in [1.29, 1.82) is 0 Å². The van der Waals surface area contributed by atoms with E-state index in [1.807, 2.05) is 48.5 Å². The summed E-state index contributed by atoms with van der Waals surface area (Å²) in [5, 5.41) is 3.96. The molecule has 0 radical (unpaired) electrons. The molecule has 24 heavy (non-hydrogen) atoms. The van der Waals surface area contributed by atoms with E-state index < -0.39 is 0 Å². The summed E-state index contributed by atoms with van der Waals surface area (Å²) < 4.78 is 11.4. The second-order valence-corrected chi connectivity index (χ2v) is 6.05. The van der Waals surface area contributed by atoms with Gasteiger partial charge in [-0.1, -0.05) is 49.9 Å². The van der Waals surface area contributed by atoms with Gasteiger partial charge in [-0.25, -0.2) is 0 Å². The van der Waals surface area contributed by atoms with Crippen LogP contribution in [0.3, 0.4) is 0 Å². The van der Waals surface area contributed by atoms with Gasteiger partial charge in [0, 0.05) is 12.2 Å². The van der Waals surface area contributed by atoms with E-state index in [9.17, 15) is 0 Å². The van der Waals surface area contributed by atoms with E-state index in [1.165, 1.54) is 19.3 Å². The number of hydrogen-bond acceptors (Lipinski definition) is 3. The lowest BCUT2D eigenvalue weighted by Crippen LogP contribution is -2.11. The van der Waals surface area contributed by atoms with Crippen LogP contribution in [-0.2, 0) is 0 Å². The van der Waals surface area contributed by atoms with Crippen molar-refractivity contribution >= 4 is 17.3 Å². The van der Waals surface area contributed by atoms with Gasteiger partial charge in [0.1, 0.15) is 18.1 Å². The van der Waals surface area contributed by atoms with Crippen LogP contribution in [0.5, 0.6) is 11.5 Å². The van der Waals surface area contributed by atoms with Crippen molar-refractivity contribution in [2.45, 2.75) is 32.6 Å². The highest BCUT2D eigenvalue weighted by molar-refractivity contribution is 6.32. The molecule has 1 N–H and O–H groups in total. The van der Waals surface area contributed by atoms with E-state index >= 15 is 0 Å². The normalized spacial score (nSPS) is 10.4. The van der Waals surface area contributed by atoms with Crippen LogP contribution >= 0.6 is 11.6 Å². The second kappa shape index (κ2) is 10.8. The molecule has 0 saturated carbocycles. The summed E-state index contributed by atoms with van der Waals surface area (Å²) in [7, 11) is 0. The first-order valence-electron chi connectivity index (χ1n) is 8.63. The molecule has 0 fully saturated rings. The maximum absolute atomic E-state index is 6.05. The second-order valence-electron chi connectivity index (χ2n) is 5.64. The highest BCUT2D eigenvalue weighted by Crippen LogP contribution is 2.23. The zero-order valence-electron chi connectivity index (χ0n) is 14.3. The molecule has 2 aromatic rings. The standard InChI is InChI=1S/C20H26ClNO2/c1-2-3-4-7-15-23-18-12-10-17(11-13-18)22-14-16-24-20-9-6-5-8-19(20)21/h5-6,8-13,22H,2-4,7,14-16H2,1H3. The Morgan fingerprint density at radius 3 is 2.42 bits per heavy atom. The van der Waals surface area contributed by atoms with Crippen LogP contribution in [0.25, 0.3) is 0 Å². The Hall–Kier alpha value is -1.87. The van der Waals surface area contributed by atoms with Gasteiger partial charge in [0.05, 0.1) is 11.6 Å². The molecular formula is C20H26ClNO2. The minimum Gasteiger partial charge on any atom is -0.494 e. The first kappa shape index (κ1) is 18.5. The molecule has 0 heterocycles. The van der Waals surface area contributed by atoms with Crippen LogP contribution in [0, 0.1) is 0 Å². The number of nitrogens with one attached hydrogen (secondary N) is 1. The van der Waals surface area contributed by atoms with Crippen molar-refractivity contribution in [2.75, 3.05) is 25.1 Å². The number of anilines is 1. The van der Waals surface area contributed by atoms with Crippen LogP contribution in [0.4, 0.5) is 5.69 Å². The summed E-state index contributed by atoms with van der Waals surface area (Å²) in [5.41, 5.74) is 1.05. The molecule has 3 nitrogen and oxygen atoms in total. The van der Waals surface area contributed by atoms with Crippen molar-refractivity contribution in [3.05, 3.63) is 53.6 Å². The van der Waals surface area contributed by atoms with Crippen LogP contribution in [0.2, 0.25) is 5.02 Å². The summed E-state index contributed by atoms with van der Waals surface area (Å²) in [6.07, 6.45) is 4.89. The minimum absolute atomic E-state index is 0.555. The molecule has 130 valence electrons. The smallest absolute Gasteiger partial charge is 0.137 e. The molecule has 0 amide bonds. The lowest BCUT2D eigenvalue weighted by Gasteiger charge is -2.10. The highest BCUT2D eigenvalue weighted by Gasteiger charge is 1.99. The quantitative estimate of drug-likeness (QED) is 0.522. The van der Waals surface area contributed by atoms with E-state index in [0.29, 0.717) is 23.9 Å². The molecule has 0 aliphatic rings. The zero-order valence-corrected chi connectivity index (χ0v) is 15.0. The first-order valence-corrected chi connectivity index (χ1v) is 9.01. The Kier molecular flexibility index (Phi) is 8.33. The minimum atomic E-state index is 0.555. The number of ether oxygens (including phenoxy) is 2. The topological polar surface area (TPSA) is 30.5 Å². The highest BCUT2D eigenvalue weighted by atomic mass is 35.5. The Morgan fingerprint density at radius 2 is 1.67 bits per heavy atom. The first-order chi connectivity index (χ1) is 11.8. The van der Waals surface area contributed by atoms with Crippen molar-refractivity contribution in [3.63, 3.8) is 0 Å². The van der Waals surface area contributed by atoms with Gasteiger partial charge < -0.3 is 14.8 Å². The SMILES string of the molecule is CCCCCCOc1ccc(NCCOc2ccccc2Cl)cc1. The number of halogens is 1. The number of rotatable bonds is 11. The summed E-state index contributed by atoms with van der Waals surface area (Å²) in [5.74, 6) is 1.64. The molecule has 0 atom stereocenters. The number of para-hydroxylation sites is 1. The Morgan fingerprint density at radius 1 is 0.875 bits per heavy atom. The van der Waals surface area contributed by atoms with E-state index in [4.69, 9.17) is 21.1 Å². The summed E-state index contributed by atoms with van der Waals surface area (Å²) in [6, 6.07) is 15.5. The molecule has 2 aromatic carbocycles. The molecular weight excluding hydrogens is 322 g/mol. The molecule has 0 spiro atoms. The predicted molar refractivity (Wildman–Crippen MR) is 102 cm³/mol. The van der Waals surface area contributed by atoms with E-state index in [-0.39, 0.29) is 0 Å².